The average Bonchev–Trinajstić information content (AvgIpc) is 2.42. The van der Waals surface area contributed by atoms with Gasteiger partial charge in [-0.1, -0.05) is 0 Å². The number of aromatic nitrogens is 1. The lowest BCUT2D eigenvalue weighted by Gasteiger charge is -2.11. The van der Waals surface area contributed by atoms with Gasteiger partial charge in [0, 0.05) is 19.8 Å². The van der Waals surface area contributed by atoms with Crippen LogP contribution >= 0.6 is 0 Å². The summed E-state index contributed by atoms with van der Waals surface area (Å²) in [4.78, 5) is 24.1. The molecular weight excluding hydrogens is 282 g/mol. The van der Waals surface area contributed by atoms with Crippen molar-refractivity contribution < 1.29 is 18.7 Å². The number of nitrogens with zero attached hydrogens (tertiary/aromatic N) is 1. The van der Waals surface area contributed by atoms with Crippen LogP contribution in [0.25, 0.3) is 10.9 Å². The molecule has 2 aromatic rings. The summed E-state index contributed by atoms with van der Waals surface area (Å²) in [5, 5.41) is 11.0. The van der Waals surface area contributed by atoms with Gasteiger partial charge in [-0.15, -0.1) is 0 Å². The van der Waals surface area contributed by atoms with E-state index in [0.29, 0.717) is 0 Å². The topological polar surface area (TPSA) is 71.3 Å². The minimum Gasteiger partial charge on any atom is -0.392 e. The van der Waals surface area contributed by atoms with Gasteiger partial charge in [-0.3, -0.25) is 9.59 Å². The van der Waals surface area contributed by atoms with Crippen LogP contribution in [0.15, 0.2) is 23.1 Å². The van der Waals surface area contributed by atoms with Crippen molar-refractivity contribution >= 4 is 16.8 Å². The van der Waals surface area contributed by atoms with Crippen molar-refractivity contribution in [3.63, 3.8) is 0 Å². The summed E-state index contributed by atoms with van der Waals surface area (Å²) in [5.74, 6) is -2.39. The zero-order valence-corrected chi connectivity index (χ0v) is 11.5. The first-order chi connectivity index (χ1) is 9.82. The molecule has 0 radical (unpaired) electrons. The Hall–Kier alpha value is -2.28. The fourth-order valence-corrected chi connectivity index (χ4v) is 2.05. The van der Waals surface area contributed by atoms with Crippen LogP contribution in [0.4, 0.5) is 8.78 Å². The van der Waals surface area contributed by atoms with Gasteiger partial charge in [0.25, 0.3) is 5.91 Å². The first-order valence-electron chi connectivity index (χ1n) is 6.26. The van der Waals surface area contributed by atoms with E-state index < -0.39 is 34.5 Å². The monoisotopic (exact) mass is 296 g/mol. The summed E-state index contributed by atoms with van der Waals surface area (Å²) in [7, 11) is 1.41. The molecule has 0 bridgehead atoms. The molecular formula is C14H14F2N2O3. The fraction of sp³-hybridized carbons (Fsp3) is 0.286. The Kier molecular flexibility index (Phi) is 4.04. The van der Waals surface area contributed by atoms with Crippen LogP contribution in [0.5, 0.6) is 0 Å². The molecule has 7 heteroatoms. The SMILES string of the molecule is C[C@H](O)CNC(=O)c1cn(C)c2c(F)ccc(F)c2c1=O. The molecule has 21 heavy (non-hydrogen) atoms. The number of aliphatic hydroxyl groups excluding tert-OH is 1. The Morgan fingerprint density at radius 1 is 1.38 bits per heavy atom. The minimum absolute atomic E-state index is 0.0499. The van der Waals surface area contributed by atoms with E-state index in [2.05, 4.69) is 5.32 Å². The standard InChI is InChI=1S/C14H14F2N2O3/c1-7(19)5-17-14(21)8-6-18(2)12-10(16)4-3-9(15)11(12)13(8)20/h3-4,6-7,19H,5H2,1-2H3,(H,17,21)/t7-/m0/s1. The Morgan fingerprint density at radius 3 is 2.62 bits per heavy atom. The van der Waals surface area contributed by atoms with Gasteiger partial charge in [0.15, 0.2) is 0 Å². The van der Waals surface area contributed by atoms with Gasteiger partial charge in [-0.25, -0.2) is 8.78 Å². The van der Waals surface area contributed by atoms with Gasteiger partial charge in [0.2, 0.25) is 5.43 Å². The predicted octanol–water partition coefficient (Wildman–Crippen LogP) is 0.927. The minimum atomic E-state index is -0.892. The highest BCUT2D eigenvalue weighted by atomic mass is 19.1. The highest BCUT2D eigenvalue weighted by Crippen LogP contribution is 2.18. The predicted molar refractivity (Wildman–Crippen MR) is 73.1 cm³/mol. The van der Waals surface area contributed by atoms with E-state index in [9.17, 15) is 18.4 Å². The highest BCUT2D eigenvalue weighted by Gasteiger charge is 2.19. The van der Waals surface area contributed by atoms with Crippen LogP contribution in [0.2, 0.25) is 0 Å². The van der Waals surface area contributed by atoms with Gasteiger partial charge in [0.05, 0.1) is 17.0 Å². The van der Waals surface area contributed by atoms with Crippen LogP contribution in [0, 0.1) is 11.6 Å². The molecule has 0 aliphatic rings. The Morgan fingerprint density at radius 2 is 2.00 bits per heavy atom. The van der Waals surface area contributed by atoms with E-state index in [1.807, 2.05) is 0 Å². The third kappa shape index (κ3) is 2.78. The number of aliphatic hydroxyl groups is 1. The number of rotatable bonds is 3. The number of carbonyl (C=O) groups is 1. The van der Waals surface area contributed by atoms with Crippen molar-refractivity contribution in [3.05, 3.63) is 45.8 Å². The molecule has 1 aromatic carbocycles. The van der Waals surface area contributed by atoms with Gasteiger partial charge in [0.1, 0.15) is 17.2 Å². The first-order valence-corrected chi connectivity index (χ1v) is 6.26. The lowest BCUT2D eigenvalue weighted by Crippen LogP contribution is -2.34. The zero-order chi connectivity index (χ0) is 15.7. The van der Waals surface area contributed by atoms with E-state index in [4.69, 9.17) is 5.11 Å². The molecule has 1 amide bonds. The molecule has 2 rings (SSSR count). The summed E-state index contributed by atoms with van der Waals surface area (Å²) >= 11 is 0. The van der Waals surface area contributed by atoms with Gasteiger partial charge in [-0.05, 0) is 19.1 Å². The summed E-state index contributed by atoms with van der Waals surface area (Å²) in [6.45, 7) is 1.42. The third-order valence-electron chi connectivity index (χ3n) is 3.03. The molecule has 1 aromatic heterocycles. The molecule has 0 aliphatic carbocycles. The molecule has 1 atom stereocenters. The average molecular weight is 296 g/mol. The van der Waals surface area contributed by atoms with Crippen molar-refractivity contribution in [1.29, 1.82) is 0 Å². The van der Waals surface area contributed by atoms with E-state index in [1.165, 1.54) is 18.5 Å². The lowest BCUT2D eigenvalue weighted by molar-refractivity contribution is 0.0922. The maximum absolute atomic E-state index is 13.8. The zero-order valence-electron chi connectivity index (χ0n) is 11.5. The van der Waals surface area contributed by atoms with Gasteiger partial charge < -0.3 is 15.0 Å². The van der Waals surface area contributed by atoms with E-state index >= 15 is 0 Å². The van der Waals surface area contributed by atoms with Crippen molar-refractivity contribution in [2.45, 2.75) is 13.0 Å². The van der Waals surface area contributed by atoms with Crippen LogP contribution in [0.3, 0.4) is 0 Å². The summed E-state index contributed by atoms with van der Waals surface area (Å²) in [5.41, 5.74) is -1.40. The summed E-state index contributed by atoms with van der Waals surface area (Å²) < 4.78 is 28.7. The van der Waals surface area contributed by atoms with E-state index in [1.54, 1.807) is 0 Å². The second kappa shape index (κ2) is 5.61. The molecule has 0 aliphatic heterocycles. The molecule has 0 saturated carbocycles. The normalized spacial score (nSPS) is 12.4. The number of nitrogens with one attached hydrogen (secondary N) is 1. The van der Waals surface area contributed by atoms with Gasteiger partial charge >= 0.3 is 0 Å². The first kappa shape index (κ1) is 15.1. The number of halogens is 2. The van der Waals surface area contributed by atoms with Crippen LogP contribution in [-0.2, 0) is 7.05 Å². The third-order valence-corrected chi connectivity index (χ3v) is 3.03. The second-order valence-corrected chi connectivity index (χ2v) is 4.79. The number of amides is 1. The van der Waals surface area contributed by atoms with Gasteiger partial charge in [-0.2, -0.15) is 0 Å². The van der Waals surface area contributed by atoms with E-state index in [0.717, 1.165) is 18.3 Å². The maximum Gasteiger partial charge on any atom is 0.256 e. The summed E-state index contributed by atoms with van der Waals surface area (Å²) in [6.07, 6.45) is 0.359. The smallest absolute Gasteiger partial charge is 0.256 e. The molecule has 2 N–H and O–H groups in total. The second-order valence-electron chi connectivity index (χ2n) is 4.79. The van der Waals surface area contributed by atoms with Crippen molar-refractivity contribution in [2.24, 2.45) is 7.05 Å². The Balaban J connectivity index is 2.63. The number of pyridine rings is 1. The molecule has 0 unspecified atom stereocenters. The maximum atomic E-state index is 13.8. The Bertz CT molecular complexity index is 769. The quantitative estimate of drug-likeness (QED) is 0.885. The molecule has 0 saturated heterocycles. The molecule has 112 valence electrons. The van der Waals surface area contributed by atoms with Crippen molar-refractivity contribution in [1.82, 2.24) is 9.88 Å². The molecule has 5 nitrogen and oxygen atoms in total. The van der Waals surface area contributed by atoms with Crippen molar-refractivity contribution in [3.8, 4) is 0 Å². The fourth-order valence-electron chi connectivity index (χ4n) is 2.05. The number of fused-ring (bicyclic) bond motifs is 1. The Labute approximate surface area is 118 Å². The number of hydrogen-bond donors (Lipinski definition) is 2. The molecule has 0 fully saturated rings. The number of hydrogen-bond acceptors (Lipinski definition) is 3. The van der Waals surface area contributed by atoms with Crippen LogP contribution < -0.4 is 10.7 Å². The van der Waals surface area contributed by atoms with Crippen molar-refractivity contribution in [2.75, 3.05) is 6.54 Å². The highest BCUT2D eigenvalue weighted by molar-refractivity contribution is 5.97. The number of benzene rings is 1. The molecule has 1 heterocycles. The van der Waals surface area contributed by atoms with Crippen LogP contribution in [0.1, 0.15) is 17.3 Å². The number of aryl methyl sites for hydroxylation is 1. The molecule has 0 spiro atoms. The van der Waals surface area contributed by atoms with E-state index in [-0.39, 0.29) is 17.6 Å². The lowest BCUT2D eigenvalue weighted by atomic mass is 10.1. The largest absolute Gasteiger partial charge is 0.392 e. The number of carbonyl (C=O) groups excluding carboxylic acids is 1. The van der Waals surface area contributed by atoms with Crippen LogP contribution in [-0.4, -0.2) is 28.2 Å². The summed E-state index contributed by atoms with van der Waals surface area (Å²) in [6, 6.07) is 1.76.